The lowest BCUT2D eigenvalue weighted by atomic mass is 9.78. The molecule has 38 heavy (non-hydrogen) atoms. The lowest BCUT2D eigenvalue weighted by Gasteiger charge is -2.32. The third-order valence-electron chi connectivity index (χ3n) is 7.43. The molecular formula is C29H32BrN5O3. The predicted molar refractivity (Wildman–Crippen MR) is 151 cm³/mol. The Bertz CT molecular complexity index is 1410. The van der Waals surface area contributed by atoms with Gasteiger partial charge < -0.3 is 14.4 Å². The highest BCUT2D eigenvalue weighted by Crippen LogP contribution is 2.43. The Labute approximate surface area is 231 Å². The average Bonchev–Trinajstić information content (AvgIpc) is 3.37. The zero-order valence-electron chi connectivity index (χ0n) is 22.1. The van der Waals surface area contributed by atoms with E-state index in [1.807, 2.05) is 55.3 Å². The zero-order valence-corrected chi connectivity index (χ0v) is 23.7. The van der Waals surface area contributed by atoms with Crippen LogP contribution in [0.3, 0.4) is 0 Å². The van der Waals surface area contributed by atoms with Crippen LogP contribution in [0.4, 0.5) is 5.82 Å². The van der Waals surface area contributed by atoms with Crippen molar-refractivity contribution in [2.24, 2.45) is 5.92 Å². The van der Waals surface area contributed by atoms with E-state index in [9.17, 15) is 4.79 Å². The molecule has 1 aliphatic carbocycles. The second kappa shape index (κ2) is 11.2. The first kappa shape index (κ1) is 26.3. The first-order valence-electron chi connectivity index (χ1n) is 12.8. The minimum absolute atomic E-state index is 0.138. The Balaban J connectivity index is 1.49. The fourth-order valence-electron chi connectivity index (χ4n) is 5.46. The molecule has 198 valence electrons. The van der Waals surface area contributed by atoms with Crippen LogP contribution < -0.4 is 4.90 Å². The van der Waals surface area contributed by atoms with Gasteiger partial charge in [0.25, 0.3) is 0 Å². The number of halogens is 1. The highest BCUT2D eigenvalue weighted by molar-refractivity contribution is 9.10. The molecule has 3 aromatic heterocycles. The van der Waals surface area contributed by atoms with Crippen molar-refractivity contribution in [3.63, 3.8) is 0 Å². The van der Waals surface area contributed by atoms with Crippen molar-refractivity contribution < 1.29 is 14.3 Å². The highest BCUT2D eigenvalue weighted by Gasteiger charge is 2.35. The summed E-state index contributed by atoms with van der Waals surface area (Å²) < 4.78 is 13.3. The molecule has 0 radical (unpaired) electrons. The van der Waals surface area contributed by atoms with E-state index in [1.165, 1.54) is 7.11 Å². The number of carbonyl (C=O) groups excluding carboxylic acids is 1. The van der Waals surface area contributed by atoms with Gasteiger partial charge in [0.1, 0.15) is 5.82 Å². The summed E-state index contributed by atoms with van der Waals surface area (Å²) >= 11 is 3.86. The van der Waals surface area contributed by atoms with E-state index in [1.54, 1.807) is 7.11 Å². The van der Waals surface area contributed by atoms with Crippen LogP contribution in [0.15, 0.2) is 59.3 Å². The summed E-state index contributed by atoms with van der Waals surface area (Å²) in [6.45, 7) is 0. The molecule has 1 aliphatic rings. The van der Waals surface area contributed by atoms with Gasteiger partial charge in [-0.25, -0.2) is 9.78 Å². The molecule has 3 heterocycles. The molecule has 0 N–H and O–H groups in total. The van der Waals surface area contributed by atoms with Crippen molar-refractivity contribution in [3.8, 4) is 22.4 Å². The summed E-state index contributed by atoms with van der Waals surface area (Å²) in [5, 5.41) is 4.71. The van der Waals surface area contributed by atoms with E-state index in [4.69, 9.17) is 24.5 Å². The number of methoxy groups -OCH3 is 2. The molecule has 1 unspecified atom stereocenters. The second-order valence-electron chi connectivity index (χ2n) is 9.91. The predicted octanol–water partition coefficient (Wildman–Crippen LogP) is 5.75. The SMILES string of the molecule is COC(=O)C(OC)C1CCC(c2nc3c(-c4ccc(-c5ccccc5)nc4)cnn3c(N(C)C)c2Br)CC1. The van der Waals surface area contributed by atoms with Gasteiger partial charge in [-0.05, 0) is 53.6 Å². The zero-order chi connectivity index (χ0) is 26.8. The molecule has 0 bridgehead atoms. The van der Waals surface area contributed by atoms with E-state index in [-0.39, 0.29) is 17.8 Å². The van der Waals surface area contributed by atoms with Gasteiger partial charge in [0, 0.05) is 50.0 Å². The van der Waals surface area contributed by atoms with Gasteiger partial charge in [-0.3, -0.25) is 4.98 Å². The molecule has 1 saturated carbocycles. The van der Waals surface area contributed by atoms with Crippen LogP contribution in [0.1, 0.15) is 37.3 Å². The first-order chi connectivity index (χ1) is 18.4. The van der Waals surface area contributed by atoms with Crippen molar-refractivity contribution in [2.45, 2.75) is 37.7 Å². The second-order valence-corrected chi connectivity index (χ2v) is 10.7. The van der Waals surface area contributed by atoms with Gasteiger partial charge in [-0.15, -0.1) is 0 Å². The Kier molecular flexibility index (Phi) is 7.76. The largest absolute Gasteiger partial charge is 0.467 e. The third-order valence-corrected chi connectivity index (χ3v) is 8.19. The van der Waals surface area contributed by atoms with Crippen LogP contribution in [-0.4, -0.2) is 60.0 Å². The molecule has 1 fully saturated rings. The fourth-order valence-corrected chi connectivity index (χ4v) is 6.40. The summed E-state index contributed by atoms with van der Waals surface area (Å²) in [5.74, 6) is 1.03. The van der Waals surface area contributed by atoms with Crippen molar-refractivity contribution in [1.82, 2.24) is 19.6 Å². The van der Waals surface area contributed by atoms with Gasteiger partial charge in [0.05, 0.1) is 29.2 Å². The minimum Gasteiger partial charge on any atom is -0.467 e. The van der Waals surface area contributed by atoms with E-state index in [0.717, 1.165) is 69.7 Å². The van der Waals surface area contributed by atoms with E-state index in [2.05, 4.69) is 39.0 Å². The third kappa shape index (κ3) is 4.92. The Morgan fingerprint density at radius 2 is 1.76 bits per heavy atom. The average molecular weight is 579 g/mol. The number of hydrogen-bond donors (Lipinski definition) is 0. The summed E-state index contributed by atoms with van der Waals surface area (Å²) in [5.41, 5.74) is 5.73. The van der Waals surface area contributed by atoms with Crippen molar-refractivity contribution in [3.05, 3.63) is 65.0 Å². The topological polar surface area (TPSA) is 81.8 Å². The molecule has 0 amide bonds. The number of nitrogens with zero attached hydrogens (tertiary/aromatic N) is 5. The maximum Gasteiger partial charge on any atom is 0.335 e. The number of anilines is 1. The van der Waals surface area contributed by atoms with E-state index in [0.29, 0.717) is 0 Å². The molecule has 8 nitrogen and oxygen atoms in total. The van der Waals surface area contributed by atoms with Crippen molar-refractivity contribution in [1.29, 1.82) is 0 Å². The number of benzene rings is 1. The van der Waals surface area contributed by atoms with Gasteiger partial charge in [0.2, 0.25) is 0 Å². The van der Waals surface area contributed by atoms with Crippen molar-refractivity contribution >= 4 is 33.4 Å². The highest BCUT2D eigenvalue weighted by atomic mass is 79.9. The van der Waals surface area contributed by atoms with E-state index >= 15 is 0 Å². The number of esters is 1. The summed E-state index contributed by atoms with van der Waals surface area (Å²) in [7, 11) is 7.01. The number of rotatable bonds is 7. The Morgan fingerprint density at radius 3 is 2.37 bits per heavy atom. The number of aromatic nitrogens is 4. The van der Waals surface area contributed by atoms with E-state index < -0.39 is 6.10 Å². The molecule has 4 aromatic rings. The number of pyridine rings is 1. The standard InChI is InChI=1S/C29H32BrN5O3/c1-34(2)28-24(30)25(19-10-12-20(13-11-19)26(37-3)29(36)38-4)33-27-22(17-32-35(27)28)21-14-15-23(31-16-21)18-8-6-5-7-9-18/h5-9,14-17,19-20,26H,10-13H2,1-4H3. The normalized spacial score (nSPS) is 18.3. The lowest BCUT2D eigenvalue weighted by Crippen LogP contribution is -2.35. The molecule has 0 saturated heterocycles. The van der Waals surface area contributed by atoms with Gasteiger partial charge in [0.15, 0.2) is 11.8 Å². The summed E-state index contributed by atoms with van der Waals surface area (Å²) in [6, 6.07) is 14.3. The molecule has 1 aromatic carbocycles. The maximum atomic E-state index is 12.2. The molecule has 9 heteroatoms. The maximum absolute atomic E-state index is 12.2. The van der Waals surface area contributed by atoms with Crippen LogP contribution in [0.5, 0.6) is 0 Å². The number of hydrogen-bond acceptors (Lipinski definition) is 7. The van der Waals surface area contributed by atoms with Crippen LogP contribution in [0.2, 0.25) is 0 Å². The fraction of sp³-hybridized carbons (Fsp3) is 0.379. The molecule has 5 rings (SSSR count). The molecule has 0 aliphatic heterocycles. The first-order valence-corrected chi connectivity index (χ1v) is 13.6. The summed E-state index contributed by atoms with van der Waals surface area (Å²) in [6.07, 6.45) is 6.78. The lowest BCUT2D eigenvalue weighted by molar-refractivity contribution is -0.156. The van der Waals surface area contributed by atoms with Crippen LogP contribution >= 0.6 is 15.9 Å². The number of carbonyl (C=O) groups is 1. The quantitative estimate of drug-likeness (QED) is 0.259. The summed E-state index contributed by atoms with van der Waals surface area (Å²) in [4.78, 5) is 24.1. The van der Waals surface area contributed by atoms with Crippen LogP contribution in [-0.2, 0) is 14.3 Å². The van der Waals surface area contributed by atoms with Gasteiger partial charge >= 0.3 is 5.97 Å². The molecular weight excluding hydrogens is 546 g/mol. The number of ether oxygens (including phenoxy) is 2. The Hall–Kier alpha value is -3.30. The van der Waals surface area contributed by atoms with Crippen LogP contribution in [0.25, 0.3) is 28.0 Å². The smallest absolute Gasteiger partial charge is 0.335 e. The number of fused-ring (bicyclic) bond motifs is 1. The van der Waals surface area contributed by atoms with Crippen LogP contribution in [0, 0.1) is 5.92 Å². The minimum atomic E-state index is -0.523. The molecule has 0 spiro atoms. The van der Waals surface area contributed by atoms with Gasteiger partial charge in [-0.2, -0.15) is 9.61 Å². The monoisotopic (exact) mass is 577 g/mol. The molecule has 1 atom stereocenters. The Morgan fingerprint density at radius 1 is 1.03 bits per heavy atom. The van der Waals surface area contributed by atoms with Crippen molar-refractivity contribution in [2.75, 3.05) is 33.2 Å². The van der Waals surface area contributed by atoms with Gasteiger partial charge in [-0.1, -0.05) is 36.4 Å².